The van der Waals surface area contributed by atoms with Gasteiger partial charge in [-0.2, -0.15) is 0 Å². The summed E-state index contributed by atoms with van der Waals surface area (Å²) in [4.78, 5) is 26.6. The monoisotopic (exact) mass is 271 g/mol. The van der Waals surface area contributed by atoms with Crippen LogP contribution >= 0.6 is 0 Å². The molecule has 0 spiro atoms. The van der Waals surface area contributed by atoms with E-state index in [0.717, 1.165) is 25.9 Å². The van der Waals surface area contributed by atoms with Crippen LogP contribution in [0.1, 0.15) is 19.8 Å². The highest BCUT2D eigenvalue weighted by atomic mass is 16.5. The molecule has 1 aliphatic rings. The molecule has 0 saturated carbocycles. The van der Waals surface area contributed by atoms with Gasteiger partial charge < -0.3 is 15.0 Å². The average molecular weight is 271 g/mol. The Hall–Kier alpha value is -1.14. The summed E-state index contributed by atoms with van der Waals surface area (Å²) in [6, 6.07) is 0.343. The van der Waals surface area contributed by atoms with E-state index in [1.807, 2.05) is 0 Å². The summed E-state index contributed by atoms with van der Waals surface area (Å²) < 4.78 is 4.87. The number of esters is 1. The molecule has 1 saturated heterocycles. The Kier molecular flexibility index (Phi) is 6.80. The fourth-order valence-corrected chi connectivity index (χ4v) is 2.07. The van der Waals surface area contributed by atoms with Gasteiger partial charge in [0.05, 0.1) is 19.7 Å². The lowest BCUT2D eigenvalue weighted by atomic mass is 10.1. The van der Waals surface area contributed by atoms with Crippen LogP contribution in [0.5, 0.6) is 0 Å². The predicted molar refractivity (Wildman–Crippen MR) is 72.8 cm³/mol. The summed E-state index contributed by atoms with van der Waals surface area (Å²) >= 11 is 0. The van der Waals surface area contributed by atoms with E-state index >= 15 is 0 Å². The van der Waals surface area contributed by atoms with Crippen molar-refractivity contribution >= 4 is 11.9 Å². The van der Waals surface area contributed by atoms with Crippen molar-refractivity contribution in [1.29, 1.82) is 0 Å². The van der Waals surface area contributed by atoms with Gasteiger partial charge in [-0.1, -0.05) is 0 Å². The van der Waals surface area contributed by atoms with Gasteiger partial charge in [-0.15, -0.1) is 0 Å². The number of nitrogens with one attached hydrogen (secondary N) is 1. The Morgan fingerprint density at radius 2 is 1.95 bits per heavy atom. The second-order valence-electron chi connectivity index (χ2n) is 5.02. The van der Waals surface area contributed by atoms with Crippen molar-refractivity contribution < 1.29 is 14.3 Å². The van der Waals surface area contributed by atoms with Gasteiger partial charge in [0.25, 0.3) is 0 Å². The zero-order valence-electron chi connectivity index (χ0n) is 12.1. The molecule has 1 fully saturated rings. The first kappa shape index (κ1) is 15.9. The van der Waals surface area contributed by atoms with Gasteiger partial charge >= 0.3 is 5.97 Å². The largest absolute Gasteiger partial charge is 0.465 e. The molecule has 1 N–H and O–H groups in total. The molecule has 19 heavy (non-hydrogen) atoms. The van der Waals surface area contributed by atoms with Crippen molar-refractivity contribution in [3.05, 3.63) is 0 Å². The van der Waals surface area contributed by atoms with Crippen LogP contribution in [0, 0.1) is 0 Å². The first-order valence-electron chi connectivity index (χ1n) is 6.84. The molecule has 0 aromatic heterocycles. The van der Waals surface area contributed by atoms with Gasteiger partial charge in [0.15, 0.2) is 0 Å². The molecule has 1 amide bonds. The summed E-state index contributed by atoms with van der Waals surface area (Å²) in [6.45, 7) is 4.76. The number of likely N-dealkylation sites (tertiary alicyclic amines) is 1. The van der Waals surface area contributed by atoms with E-state index in [1.165, 1.54) is 0 Å². The number of piperidine rings is 1. The minimum Gasteiger partial charge on any atom is -0.465 e. The minimum absolute atomic E-state index is 0.137. The van der Waals surface area contributed by atoms with Crippen LogP contribution in [0.3, 0.4) is 0 Å². The highest BCUT2D eigenvalue weighted by Crippen LogP contribution is 2.10. The van der Waals surface area contributed by atoms with Gasteiger partial charge in [0, 0.05) is 33.2 Å². The van der Waals surface area contributed by atoms with Gasteiger partial charge in [-0.3, -0.25) is 14.5 Å². The third-order valence-electron chi connectivity index (χ3n) is 3.29. The van der Waals surface area contributed by atoms with Crippen LogP contribution < -0.4 is 5.32 Å². The molecule has 0 aliphatic carbocycles. The third-order valence-corrected chi connectivity index (χ3v) is 3.29. The van der Waals surface area contributed by atoms with Crippen molar-refractivity contribution in [2.45, 2.75) is 25.8 Å². The van der Waals surface area contributed by atoms with Crippen molar-refractivity contribution in [2.75, 3.05) is 46.9 Å². The van der Waals surface area contributed by atoms with E-state index in [0.29, 0.717) is 19.2 Å². The van der Waals surface area contributed by atoms with E-state index < -0.39 is 0 Å². The van der Waals surface area contributed by atoms with Gasteiger partial charge in [-0.25, -0.2) is 0 Å². The van der Waals surface area contributed by atoms with E-state index in [4.69, 9.17) is 4.74 Å². The smallest absolute Gasteiger partial charge is 0.319 e. The van der Waals surface area contributed by atoms with Crippen molar-refractivity contribution in [3.8, 4) is 0 Å². The molecular formula is C13H25N3O3. The molecule has 0 atom stereocenters. The Labute approximate surface area is 115 Å². The lowest BCUT2D eigenvalue weighted by Gasteiger charge is -2.32. The maximum atomic E-state index is 11.6. The lowest BCUT2D eigenvalue weighted by molar-refractivity contribution is -0.142. The molecule has 0 aromatic rings. The zero-order chi connectivity index (χ0) is 14.3. The molecule has 0 aromatic carbocycles. The van der Waals surface area contributed by atoms with Crippen LogP contribution in [0.25, 0.3) is 0 Å². The maximum absolute atomic E-state index is 11.6. The van der Waals surface area contributed by atoms with E-state index in [1.54, 1.807) is 25.9 Å². The molecular weight excluding hydrogens is 246 g/mol. The lowest BCUT2D eigenvalue weighted by Crippen LogP contribution is -2.46. The molecule has 6 nitrogen and oxygen atoms in total. The molecule has 0 radical (unpaired) electrons. The second kappa shape index (κ2) is 8.12. The van der Waals surface area contributed by atoms with Gasteiger partial charge in [0.2, 0.25) is 5.91 Å². The Bertz CT molecular complexity index is 300. The summed E-state index contributed by atoms with van der Waals surface area (Å²) in [7, 11) is 3.55. The van der Waals surface area contributed by atoms with E-state index in [-0.39, 0.29) is 18.4 Å². The molecule has 0 bridgehead atoms. The minimum atomic E-state index is -0.201. The van der Waals surface area contributed by atoms with Crippen molar-refractivity contribution in [1.82, 2.24) is 15.1 Å². The standard InChI is InChI=1S/C13H25N3O3/c1-4-19-13(18)9-14-11-5-7-16(8-6-11)10-12(17)15(2)3/h11,14H,4-10H2,1-3H3. The number of hydrogen-bond donors (Lipinski definition) is 1. The van der Waals surface area contributed by atoms with Crippen LogP contribution in [-0.2, 0) is 14.3 Å². The first-order valence-corrected chi connectivity index (χ1v) is 6.84. The van der Waals surface area contributed by atoms with E-state index in [9.17, 15) is 9.59 Å². The van der Waals surface area contributed by atoms with Crippen LogP contribution in [0.4, 0.5) is 0 Å². The highest BCUT2D eigenvalue weighted by Gasteiger charge is 2.21. The van der Waals surface area contributed by atoms with Crippen molar-refractivity contribution in [3.63, 3.8) is 0 Å². The molecule has 6 heteroatoms. The normalized spacial score (nSPS) is 17.2. The average Bonchev–Trinajstić information content (AvgIpc) is 2.38. The zero-order valence-corrected chi connectivity index (χ0v) is 12.1. The maximum Gasteiger partial charge on any atom is 0.319 e. The topological polar surface area (TPSA) is 61.9 Å². The summed E-state index contributed by atoms with van der Waals surface area (Å²) in [5, 5.41) is 3.21. The molecule has 1 heterocycles. The van der Waals surface area contributed by atoms with Crippen molar-refractivity contribution in [2.24, 2.45) is 0 Å². The van der Waals surface area contributed by atoms with Crippen LogP contribution in [0.2, 0.25) is 0 Å². The summed E-state index contributed by atoms with van der Waals surface area (Å²) in [5.41, 5.74) is 0. The highest BCUT2D eigenvalue weighted by molar-refractivity contribution is 5.77. The number of carbonyl (C=O) groups excluding carboxylic acids is 2. The fourth-order valence-electron chi connectivity index (χ4n) is 2.07. The van der Waals surface area contributed by atoms with Crippen LogP contribution in [-0.4, -0.2) is 74.6 Å². The fraction of sp³-hybridized carbons (Fsp3) is 0.846. The van der Waals surface area contributed by atoms with E-state index in [2.05, 4.69) is 10.2 Å². The predicted octanol–water partition coefficient (Wildman–Crippen LogP) is -0.308. The molecule has 110 valence electrons. The van der Waals surface area contributed by atoms with Gasteiger partial charge in [-0.05, 0) is 19.8 Å². The number of ether oxygens (including phenoxy) is 1. The second-order valence-corrected chi connectivity index (χ2v) is 5.02. The SMILES string of the molecule is CCOC(=O)CNC1CCN(CC(=O)N(C)C)CC1. The third kappa shape index (κ3) is 6.02. The number of carbonyl (C=O) groups is 2. The molecule has 1 rings (SSSR count). The number of nitrogens with zero attached hydrogens (tertiary/aromatic N) is 2. The number of rotatable bonds is 6. The number of hydrogen-bond acceptors (Lipinski definition) is 5. The quantitative estimate of drug-likeness (QED) is 0.672. The molecule has 1 aliphatic heterocycles. The van der Waals surface area contributed by atoms with Gasteiger partial charge in [0.1, 0.15) is 0 Å². The summed E-state index contributed by atoms with van der Waals surface area (Å²) in [5.74, 6) is -0.0642. The summed E-state index contributed by atoms with van der Waals surface area (Å²) in [6.07, 6.45) is 1.92. The van der Waals surface area contributed by atoms with Crippen LogP contribution in [0.15, 0.2) is 0 Å². The Morgan fingerprint density at radius 3 is 2.47 bits per heavy atom. The Morgan fingerprint density at radius 1 is 1.32 bits per heavy atom. The Balaban J connectivity index is 2.18. The number of likely N-dealkylation sites (N-methyl/N-ethyl adjacent to an activating group) is 1. The first-order chi connectivity index (χ1) is 9.02. The number of amides is 1. The molecule has 0 unspecified atom stereocenters.